The summed E-state index contributed by atoms with van der Waals surface area (Å²) in [6, 6.07) is 11.8. The van der Waals surface area contributed by atoms with Crippen LogP contribution in [-0.2, 0) is 19.1 Å². The van der Waals surface area contributed by atoms with E-state index in [4.69, 9.17) is 0 Å². The third-order valence-corrected chi connectivity index (χ3v) is 3.33. The van der Waals surface area contributed by atoms with Gasteiger partial charge in [0.15, 0.2) is 0 Å². The van der Waals surface area contributed by atoms with Gasteiger partial charge in [-0.05, 0) is 41.8 Å². The van der Waals surface area contributed by atoms with Crippen LogP contribution >= 0.6 is 0 Å². The highest BCUT2D eigenvalue weighted by atomic mass is 19.4. The second kappa shape index (κ2) is 7.17. The van der Waals surface area contributed by atoms with Gasteiger partial charge in [0, 0.05) is 12.2 Å². The minimum absolute atomic E-state index is 0.0167. The molecule has 0 aliphatic carbocycles. The predicted octanol–water partition coefficient (Wildman–Crippen LogP) is 4.59. The van der Waals surface area contributed by atoms with Crippen molar-refractivity contribution >= 4 is 11.7 Å². The molecule has 2 aromatic rings. The SMILES string of the molecule is CCc1ccc(NC(=O)NCc2cccc(C(F)(F)F)c2)cc1. The first-order valence-electron chi connectivity index (χ1n) is 7.18. The van der Waals surface area contributed by atoms with Crippen LogP contribution in [-0.4, -0.2) is 6.03 Å². The Morgan fingerprint density at radius 2 is 1.74 bits per heavy atom. The molecule has 0 spiro atoms. The molecule has 0 heterocycles. The van der Waals surface area contributed by atoms with Crippen LogP contribution in [0.1, 0.15) is 23.6 Å². The number of urea groups is 1. The number of amides is 2. The van der Waals surface area contributed by atoms with Crippen LogP contribution in [0.2, 0.25) is 0 Å². The van der Waals surface area contributed by atoms with Crippen molar-refractivity contribution in [2.24, 2.45) is 0 Å². The number of alkyl halides is 3. The lowest BCUT2D eigenvalue weighted by atomic mass is 10.1. The number of benzene rings is 2. The number of anilines is 1. The fourth-order valence-electron chi connectivity index (χ4n) is 2.04. The van der Waals surface area contributed by atoms with E-state index in [1.807, 2.05) is 19.1 Å². The molecule has 3 nitrogen and oxygen atoms in total. The zero-order valence-electron chi connectivity index (χ0n) is 12.6. The number of hydrogen-bond acceptors (Lipinski definition) is 1. The van der Waals surface area contributed by atoms with Gasteiger partial charge in [-0.15, -0.1) is 0 Å². The predicted molar refractivity (Wildman–Crippen MR) is 83.1 cm³/mol. The summed E-state index contributed by atoms with van der Waals surface area (Å²) in [6.45, 7) is 2.05. The van der Waals surface area contributed by atoms with E-state index >= 15 is 0 Å². The highest BCUT2D eigenvalue weighted by Crippen LogP contribution is 2.29. The van der Waals surface area contributed by atoms with Crippen molar-refractivity contribution in [3.8, 4) is 0 Å². The molecule has 0 aliphatic rings. The van der Waals surface area contributed by atoms with E-state index in [0.29, 0.717) is 11.3 Å². The first kappa shape index (κ1) is 16.9. The smallest absolute Gasteiger partial charge is 0.334 e. The van der Waals surface area contributed by atoms with Gasteiger partial charge in [0.25, 0.3) is 0 Å². The van der Waals surface area contributed by atoms with E-state index in [0.717, 1.165) is 24.1 Å². The van der Waals surface area contributed by atoms with Crippen molar-refractivity contribution in [1.29, 1.82) is 0 Å². The lowest BCUT2D eigenvalue weighted by Gasteiger charge is -2.10. The molecule has 0 aliphatic heterocycles. The molecule has 0 bridgehead atoms. The van der Waals surface area contributed by atoms with E-state index in [-0.39, 0.29) is 6.54 Å². The second-order valence-electron chi connectivity index (χ2n) is 5.06. The third-order valence-electron chi connectivity index (χ3n) is 3.33. The van der Waals surface area contributed by atoms with Crippen LogP contribution in [0.3, 0.4) is 0 Å². The summed E-state index contributed by atoms with van der Waals surface area (Å²) in [7, 11) is 0. The number of nitrogens with one attached hydrogen (secondary N) is 2. The molecular weight excluding hydrogens is 305 g/mol. The Balaban J connectivity index is 1.91. The van der Waals surface area contributed by atoms with E-state index in [9.17, 15) is 18.0 Å². The Morgan fingerprint density at radius 3 is 2.35 bits per heavy atom. The standard InChI is InChI=1S/C17H17F3N2O/c1-2-12-6-8-15(9-7-12)22-16(23)21-11-13-4-3-5-14(10-13)17(18,19)20/h3-10H,2,11H2,1H3,(H2,21,22,23). The molecule has 23 heavy (non-hydrogen) atoms. The van der Waals surface area contributed by atoms with Gasteiger partial charge in [0.1, 0.15) is 0 Å². The Hall–Kier alpha value is -2.50. The van der Waals surface area contributed by atoms with Crippen molar-refractivity contribution in [1.82, 2.24) is 5.32 Å². The second-order valence-corrected chi connectivity index (χ2v) is 5.06. The Labute approximate surface area is 132 Å². The molecule has 2 rings (SSSR count). The molecule has 0 aromatic heterocycles. The molecule has 2 amide bonds. The zero-order chi connectivity index (χ0) is 16.9. The first-order valence-corrected chi connectivity index (χ1v) is 7.18. The van der Waals surface area contributed by atoms with Crippen LogP contribution in [0.15, 0.2) is 48.5 Å². The van der Waals surface area contributed by atoms with Crippen molar-refractivity contribution in [3.63, 3.8) is 0 Å². The number of aryl methyl sites for hydroxylation is 1. The fourth-order valence-corrected chi connectivity index (χ4v) is 2.04. The van der Waals surface area contributed by atoms with Crippen LogP contribution < -0.4 is 10.6 Å². The number of carbonyl (C=O) groups is 1. The highest BCUT2D eigenvalue weighted by Gasteiger charge is 2.30. The molecule has 122 valence electrons. The molecule has 0 atom stereocenters. The average Bonchev–Trinajstić information content (AvgIpc) is 2.53. The van der Waals surface area contributed by atoms with Gasteiger partial charge in [-0.2, -0.15) is 13.2 Å². The Kier molecular flexibility index (Phi) is 5.26. The number of rotatable bonds is 4. The summed E-state index contributed by atoms with van der Waals surface area (Å²) in [6.07, 6.45) is -3.48. The van der Waals surface area contributed by atoms with Crippen molar-refractivity contribution in [3.05, 3.63) is 65.2 Å². The van der Waals surface area contributed by atoms with Gasteiger partial charge in [0.2, 0.25) is 0 Å². The minimum Gasteiger partial charge on any atom is -0.334 e. The maximum atomic E-state index is 12.6. The molecule has 0 saturated heterocycles. The maximum absolute atomic E-state index is 12.6. The van der Waals surface area contributed by atoms with Gasteiger partial charge in [-0.3, -0.25) is 0 Å². The van der Waals surface area contributed by atoms with E-state index in [2.05, 4.69) is 10.6 Å². The van der Waals surface area contributed by atoms with Crippen molar-refractivity contribution in [2.45, 2.75) is 26.1 Å². The average molecular weight is 322 g/mol. The largest absolute Gasteiger partial charge is 0.416 e. The molecule has 6 heteroatoms. The lowest BCUT2D eigenvalue weighted by Crippen LogP contribution is -2.28. The molecular formula is C17H17F3N2O. The van der Waals surface area contributed by atoms with Gasteiger partial charge >= 0.3 is 12.2 Å². The number of hydrogen-bond donors (Lipinski definition) is 2. The van der Waals surface area contributed by atoms with Crippen LogP contribution in [0, 0.1) is 0 Å². The van der Waals surface area contributed by atoms with Crippen LogP contribution in [0.25, 0.3) is 0 Å². The zero-order valence-corrected chi connectivity index (χ0v) is 12.6. The molecule has 0 fully saturated rings. The van der Waals surface area contributed by atoms with Gasteiger partial charge in [0.05, 0.1) is 5.56 Å². The van der Waals surface area contributed by atoms with Crippen molar-refractivity contribution in [2.75, 3.05) is 5.32 Å². The lowest BCUT2D eigenvalue weighted by molar-refractivity contribution is -0.137. The topological polar surface area (TPSA) is 41.1 Å². The minimum atomic E-state index is -4.39. The summed E-state index contributed by atoms with van der Waals surface area (Å²) in [4.78, 5) is 11.8. The van der Waals surface area contributed by atoms with Crippen LogP contribution in [0.5, 0.6) is 0 Å². The van der Waals surface area contributed by atoms with Crippen LogP contribution in [0.4, 0.5) is 23.7 Å². The molecule has 0 unspecified atom stereocenters. The maximum Gasteiger partial charge on any atom is 0.416 e. The summed E-state index contributed by atoms with van der Waals surface area (Å²) >= 11 is 0. The quantitative estimate of drug-likeness (QED) is 0.849. The highest BCUT2D eigenvalue weighted by molar-refractivity contribution is 5.89. The van der Waals surface area contributed by atoms with E-state index < -0.39 is 17.8 Å². The summed E-state index contributed by atoms with van der Waals surface area (Å²) in [5.74, 6) is 0. The molecule has 2 N–H and O–H groups in total. The third kappa shape index (κ3) is 5.02. The van der Waals surface area contributed by atoms with Gasteiger partial charge < -0.3 is 10.6 Å². The summed E-state index contributed by atoms with van der Waals surface area (Å²) in [5.41, 5.74) is 1.44. The normalized spacial score (nSPS) is 11.1. The Morgan fingerprint density at radius 1 is 1.04 bits per heavy atom. The van der Waals surface area contributed by atoms with Gasteiger partial charge in [-0.25, -0.2) is 4.79 Å². The monoisotopic (exact) mass is 322 g/mol. The molecule has 2 aromatic carbocycles. The summed E-state index contributed by atoms with van der Waals surface area (Å²) < 4.78 is 37.8. The van der Waals surface area contributed by atoms with E-state index in [1.165, 1.54) is 12.1 Å². The first-order chi connectivity index (χ1) is 10.9. The van der Waals surface area contributed by atoms with E-state index in [1.54, 1.807) is 12.1 Å². The number of carbonyl (C=O) groups excluding carboxylic acids is 1. The molecule has 0 saturated carbocycles. The summed E-state index contributed by atoms with van der Waals surface area (Å²) in [5, 5.41) is 5.17. The fraction of sp³-hybridized carbons (Fsp3) is 0.235. The molecule has 0 radical (unpaired) electrons. The Bertz CT molecular complexity index is 666. The van der Waals surface area contributed by atoms with Crippen molar-refractivity contribution < 1.29 is 18.0 Å². The number of halogens is 3. The van der Waals surface area contributed by atoms with Gasteiger partial charge in [-0.1, -0.05) is 31.2 Å².